The second-order valence-corrected chi connectivity index (χ2v) is 5.22. The smallest absolute Gasteiger partial charge is 0.256 e. The van der Waals surface area contributed by atoms with E-state index in [1.165, 1.54) is 13.2 Å². The van der Waals surface area contributed by atoms with E-state index in [1.54, 1.807) is 0 Å². The molecule has 110 valence electrons. The van der Waals surface area contributed by atoms with Crippen molar-refractivity contribution in [2.75, 3.05) is 12.8 Å². The van der Waals surface area contributed by atoms with Gasteiger partial charge >= 0.3 is 0 Å². The summed E-state index contributed by atoms with van der Waals surface area (Å²) in [7, 11) is 1.36. The Kier molecular flexibility index (Phi) is 4.13. The molecule has 0 spiro atoms. The molecule has 2 rings (SSSR count). The Morgan fingerprint density at radius 3 is 2.75 bits per heavy atom. The lowest BCUT2D eigenvalue weighted by atomic mass is 10.1. The molecule has 5 nitrogen and oxygen atoms in total. The zero-order valence-corrected chi connectivity index (χ0v) is 11.9. The number of ether oxygens (including phenoxy) is 1. The van der Waals surface area contributed by atoms with E-state index in [4.69, 9.17) is 10.5 Å². The first-order valence-corrected chi connectivity index (χ1v) is 6.63. The second kappa shape index (κ2) is 5.66. The molecule has 0 heterocycles. The van der Waals surface area contributed by atoms with E-state index in [2.05, 4.69) is 17.6 Å². The van der Waals surface area contributed by atoms with Crippen LogP contribution >= 0.6 is 0 Å². The van der Waals surface area contributed by atoms with Gasteiger partial charge in [0.15, 0.2) is 5.75 Å². The number of amides is 1. The Hall–Kier alpha value is -1.82. The fraction of sp³-hybridized carbons (Fsp3) is 0.500. The Morgan fingerprint density at radius 1 is 1.55 bits per heavy atom. The lowest BCUT2D eigenvalue weighted by Crippen LogP contribution is -2.44. The first-order chi connectivity index (χ1) is 9.43. The van der Waals surface area contributed by atoms with Gasteiger partial charge in [-0.25, -0.2) is 4.39 Å². The number of anilines is 1. The lowest BCUT2D eigenvalue weighted by molar-refractivity contribution is 0.0929. The Labute approximate surface area is 117 Å². The molecular weight excluding hydrogens is 261 g/mol. The number of halogens is 1. The molecular formula is C14H20FN3O2. The Morgan fingerprint density at radius 2 is 2.20 bits per heavy atom. The van der Waals surface area contributed by atoms with Crippen molar-refractivity contribution in [2.45, 2.75) is 32.5 Å². The van der Waals surface area contributed by atoms with Gasteiger partial charge in [-0.3, -0.25) is 10.1 Å². The molecule has 6 heteroatoms. The molecule has 1 amide bonds. The maximum atomic E-state index is 13.3. The molecule has 0 aromatic heterocycles. The molecule has 3 atom stereocenters. The first kappa shape index (κ1) is 14.6. The minimum absolute atomic E-state index is 0.0643. The highest BCUT2D eigenvalue weighted by atomic mass is 19.1. The number of nitrogen functional groups attached to an aromatic ring is 1. The predicted molar refractivity (Wildman–Crippen MR) is 75.0 cm³/mol. The molecule has 0 bridgehead atoms. The number of nitrogens with one attached hydrogen (secondary N) is 2. The Balaban J connectivity index is 2.07. The van der Waals surface area contributed by atoms with E-state index in [9.17, 15) is 9.18 Å². The zero-order chi connectivity index (χ0) is 14.9. The third-order valence-corrected chi connectivity index (χ3v) is 3.51. The van der Waals surface area contributed by atoms with Crippen LogP contribution < -0.4 is 21.1 Å². The maximum Gasteiger partial charge on any atom is 0.256 e. The van der Waals surface area contributed by atoms with Crippen LogP contribution in [-0.2, 0) is 0 Å². The van der Waals surface area contributed by atoms with Crippen LogP contribution in [0.3, 0.4) is 0 Å². The van der Waals surface area contributed by atoms with E-state index >= 15 is 0 Å². The van der Waals surface area contributed by atoms with Crippen molar-refractivity contribution in [2.24, 2.45) is 5.92 Å². The van der Waals surface area contributed by atoms with E-state index in [0.29, 0.717) is 12.0 Å². The molecule has 1 aliphatic rings. The minimum Gasteiger partial charge on any atom is -0.494 e. The third kappa shape index (κ3) is 3.01. The summed E-state index contributed by atoms with van der Waals surface area (Å²) in [4.78, 5) is 12.2. The van der Waals surface area contributed by atoms with Gasteiger partial charge in [-0.05, 0) is 31.4 Å². The molecule has 1 aliphatic carbocycles. The summed E-state index contributed by atoms with van der Waals surface area (Å²) in [5, 5.41) is 6.09. The molecule has 1 aromatic carbocycles. The van der Waals surface area contributed by atoms with E-state index in [0.717, 1.165) is 12.5 Å². The second-order valence-electron chi connectivity index (χ2n) is 5.22. The summed E-state index contributed by atoms with van der Waals surface area (Å²) >= 11 is 0. The summed E-state index contributed by atoms with van der Waals surface area (Å²) in [5.41, 5.74) is 5.65. The van der Waals surface area contributed by atoms with Crippen LogP contribution in [0.4, 0.5) is 10.1 Å². The molecule has 0 saturated heterocycles. The largest absolute Gasteiger partial charge is 0.494 e. The van der Waals surface area contributed by atoms with Crippen molar-refractivity contribution in [1.82, 2.24) is 10.6 Å². The van der Waals surface area contributed by atoms with Crippen molar-refractivity contribution in [3.8, 4) is 5.75 Å². The molecule has 4 N–H and O–H groups in total. The van der Waals surface area contributed by atoms with Crippen LogP contribution in [0.15, 0.2) is 12.1 Å². The highest BCUT2D eigenvalue weighted by Crippen LogP contribution is 2.30. The van der Waals surface area contributed by atoms with Crippen LogP contribution in [0.2, 0.25) is 0 Å². The van der Waals surface area contributed by atoms with Crippen LogP contribution in [-0.4, -0.2) is 25.2 Å². The van der Waals surface area contributed by atoms with Crippen molar-refractivity contribution in [1.29, 1.82) is 0 Å². The number of rotatable bonds is 5. The topological polar surface area (TPSA) is 76.4 Å². The molecule has 3 unspecified atom stereocenters. The number of nitrogens with two attached hydrogens (primary N) is 1. The standard InChI is InChI=1S/C14H20FN3O2/c1-7-6-11(7)17-8(2)18-14(19)9-4-5-10(15)12(16)13(9)20-3/h4-5,7-8,11,17H,6,16H2,1-3H3,(H,18,19). The summed E-state index contributed by atoms with van der Waals surface area (Å²) in [6, 6.07) is 2.98. The summed E-state index contributed by atoms with van der Waals surface area (Å²) in [6.07, 6.45) is 0.945. The van der Waals surface area contributed by atoms with Gasteiger partial charge in [-0.15, -0.1) is 0 Å². The number of benzene rings is 1. The van der Waals surface area contributed by atoms with Gasteiger partial charge in [-0.2, -0.15) is 0 Å². The average Bonchev–Trinajstić information content (AvgIpc) is 3.07. The molecule has 1 fully saturated rings. The van der Waals surface area contributed by atoms with Crippen molar-refractivity contribution in [3.63, 3.8) is 0 Å². The first-order valence-electron chi connectivity index (χ1n) is 6.63. The Bertz CT molecular complexity index is 521. The third-order valence-electron chi connectivity index (χ3n) is 3.51. The SMILES string of the molecule is COc1c(C(=O)NC(C)NC2CC2C)ccc(F)c1N. The van der Waals surface area contributed by atoms with Crippen LogP contribution in [0.25, 0.3) is 0 Å². The van der Waals surface area contributed by atoms with Gasteiger partial charge in [0.2, 0.25) is 0 Å². The van der Waals surface area contributed by atoms with Crippen molar-refractivity contribution < 1.29 is 13.9 Å². The fourth-order valence-corrected chi connectivity index (χ4v) is 2.17. The highest BCUT2D eigenvalue weighted by Gasteiger charge is 2.33. The fourth-order valence-electron chi connectivity index (χ4n) is 2.17. The van der Waals surface area contributed by atoms with Gasteiger partial charge in [0, 0.05) is 6.04 Å². The number of hydrogen-bond donors (Lipinski definition) is 3. The molecule has 1 saturated carbocycles. The normalized spacial score (nSPS) is 22.2. The van der Waals surface area contributed by atoms with Gasteiger partial charge in [0.05, 0.1) is 18.8 Å². The lowest BCUT2D eigenvalue weighted by Gasteiger charge is -2.17. The molecule has 1 aromatic rings. The van der Waals surface area contributed by atoms with Crippen LogP contribution in [0.5, 0.6) is 5.75 Å². The maximum absolute atomic E-state index is 13.3. The predicted octanol–water partition coefficient (Wildman–Crippen LogP) is 1.49. The minimum atomic E-state index is -0.601. The number of methoxy groups -OCH3 is 1. The average molecular weight is 281 g/mol. The van der Waals surface area contributed by atoms with Crippen LogP contribution in [0.1, 0.15) is 30.6 Å². The summed E-state index contributed by atoms with van der Waals surface area (Å²) < 4.78 is 18.4. The summed E-state index contributed by atoms with van der Waals surface area (Å²) in [5.74, 6) is -0.238. The van der Waals surface area contributed by atoms with Crippen molar-refractivity contribution >= 4 is 11.6 Å². The number of carbonyl (C=O) groups excluding carboxylic acids is 1. The van der Waals surface area contributed by atoms with Crippen molar-refractivity contribution in [3.05, 3.63) is 23.5 Å². The van der Waals surface area contributed by atoms with E-state index < -0.39 is 5.82 Å². The number of hydrogen-bond acceptors (Lipinski definition) is 4. The molecule has 20 heavy (non-hydrogen) atoms. The summed E-state index contributed by atoms with van der Waals surface area (Å²) in [6.45, 7) is 4.01. The highest BCUT2D eigenvalue weighted by molar-refractivity contribution is 5.98. The zero-order valence-electron chi connectivity index (χ0n) is 11.9. The van der Waals surface area contributed by atoms with Gasteiger partial charge < -0.3 is 15.8 Å². The van der Waals surface area contributed by atoms with Gasteiger partial charge in [0.1, 0.15) is 11.5 Å². The van der Waals surface area contributed by atoms with Crippen LogP contribution in [0, 0.1) is 11.7 Å². The van der Waals surface area contributed by atoms with E-state index in [1.807, 2.05) is 6.92 Å². The monoisotopic (exact) mass is 281 g/mol. The number of carbonyl (C=O) groups is 1. The quantitative estimate of drug-likeness (QED) is 0.564. The molecule has 0 aliphatic heterocycles. The van der Waals surface area contributed by atoms with Gasteiger partial charge in [-0.1, -0.05) is 6.92 Å². The van der Waals surface area contributed by atoms with Gasteiger partial charge in [0.25, 0.3) is 5.91 Å². The molecule has 0 radical (unpaired) electrons. The van der Waals surface area contributed by atoms with E-state index in [-0.39, 0.29) is 29.1 Å².